The topological polar surface area (TPSA) is 128 Å². The summed E-state index contributed by atoms with van der Waals surface area (Å²) in [5.74, 6) is -2.60. The smallest absolute Gasteiger partial charge is 0.422 e. The Morgan fingerprint density at radius 2 is 1.87 bits per heavy atom. The molecule has 2 aromatic carbocycles. The molecule has 0 fully saturated rings. The maximum atomic E-state index is 12.5. The minimum absolute atomic E-state index is 0.132. The summed E-state index contributed by atoms with van der Waals surface area (Å²) in [6, 6.07) is 8.64. The molecule has 0 saturated carbocycles. The van der Waals surface area contributed by atoms with Crippen LogP contribution >= 0.6 is 0 Å². The first-order valence-electron chi connectivity index (χ1n) is 8.25. The number of carbonyl (C=O) groups excluding carboxylic acids is 1. The number of amides is 1. The van der Waals surface area contributed by atoms with Crippen LogP contribution in [-0.2, 0) is 11.3 Å². The van der Waals surface area contributed by atoms with Gasteiger partial charge in [-0.05, 0) is 23.8 Å². The summed E-state index contributed by atoms with van der Waals surface area (Å²) >= 11 is 0. The largest absolute Gasteiger partial charge is 0.484 e. The van der Waals surface area contributed by atoms with Crippen LogP contribution < -0.4 is 14.8 Å². The van der Waals surface area contributed by atoms with Gasteiger partial charge < -0.3 is 19.9 Å². The number of benzene rings is 2. The van der Waals surface area contributed by atoms with Crippen molar-refractivity contribution in [2.75, 3.05) is 13.2 Å². The Kier molecular flexibility index (Phi) is 7.17. The summed E-state index contributed by atoms with van der Waals surface area (Å²) in [5.41, 5.74) is -0.0498. The number of carboxylic acid groups (broad SMARTS) is 1. The monoisotopic (exact) mass is 428 g/mol. The number of hydrogen-bond acceptors (Lipinski definition) is 6. The molecule has 0 aliphatic carbocycles. The van der Waals surface area contributed by atoms with Crippen molar-refractivity contribution in [3.05, 3.63) is 63.7 Å². The van der Waals surface area contributed by atoms with Crippen LogP contribution in [0.1, 0.15) is 15.9 Å². The Morgan fingerprint density at radius 3 is 2.50 bits per heavy atom. The van der Waals surface area contributed by atoms with Crippen LogP contribution in [0.25, 0.3) is 0 Å². The highest BCUT2D eigenvalue weighted by Gasteiger charge is 2.28. The van der Waals surface area contributed by atoms with Crippen molar-refractivity contribution in [1.82, 2.24) is 5.32 Å². The predicted molar refractivity (Wildman–Crippen MR) is 95.4 cm³/mol. The first-order chi connectivity index (χ1) is 14.0. The molecule has 1 amide bonds. The van der Waals surface area contributed by atoms with E-state index in [0.29, 0.717) is 5.56 Å². The molecule has 2 N–H and O–H groups in total. The Bertz CT molecular complexity index is 948. The fourth-order valence-electron chi connectivity index (χ4n) is 2.26. The van der Waals surface area contributed by atoms with Gasteiger partial charge in [0.1, 0.15) is 11.5 Å². The molecular weight excluding hydrogens is 413 g/mol. The normalized spacial score (nSPS) is 10.9. The Labute approximate surface area is 167 Å². The van der Waals surface area contributed by atoms with Gasteiger partial charge in [-0.2, -0.15) is 13.2 Å². The Morgan fingerprint density at radius 1 is 1.13 bits per heavy atom. The number of nitrogens with zero attached hydrogens (tertiary/aromatic N) is 1. The maximum absolute atomic E-state index is 12.5. The first kappa shape index (κ1) is 22.5. The highest BCUT2D eigenvalue weighted by atomic mass is 19.4. The minimum Gasteiger partial charge on any atom is -0.484 e. The van der Waals surface area contributed by atoms with E-state index < -0.39 is 36.2 Å². The number of non-ortho nitro benzene ring substituents is 1. The third-order valence-corrected chi connectivity index (χ3v) is 3.52. The van der Waals surface area contributed by atoms with E-state index in [9.17, 15) is 32.9 Å². The quantitative estimate of drug-likeness (QED) is 0.464. The van der Waals surface area contributed by atoms with Crippen LogP contribution in [0.2, 0.25) is 0 Å². The average Bonchev–Trinajstić information content (AvgIpc) is 2.68. The third kappa shape index (κ3) is 6.96. The molecule has 0 saturated heterocycles. The van der Waals surface area contributed by atoms with Crippen LogP contribution in [0, 0.1) is 10.1 Å². The lowest BCUT2D eigenvalue weighted by molar-refractivity contribution is -0.384. The van der Waals surface area contributed by atoms with Crippen LogP contribution in [0.15, 0.2) is 42.5 Å². The van der Waals surface area contributed by atoms with Gasteiger partial charge in [0, 0.05) is 18.7 Å². The summed E-state index contributed by atoms with van der Waals surface area (Å²) in [7, 11) is 0. The molecule has 0 spiro atoms. The van der Waals surface area contributed by atoms with Crippen LogP contribution in [0.5, 0.6) is 11.5 Å². The number of nitro benzene ring substituents is 1. The van der Waals surface area contributed by atoms with Crippen molar-refractivity contribution < 1.29 is 42.3 Å². The fraction of sp³-hybridized carbons (Fsp3) is 0.222. The van der Waals surface area contributed by atoms with Crippen molar-refractivity contribution in [2.24, 2.45) is 0 Å². The summed E-state index contributed by atoms with van der Waals surface area (Å²) in [6.45, 7) is -2.50. The molecule has 0 atom stereocenters. The van der Waals surface area contributed by atoms with Crippen molar-refractivity contribution in [3.63, 3.8) is 0 Å². The van der Waals surface area contributed by atoms with Crippen molar-refractivity contribution in [1.29, 1.82) is 0 Å². The number of nitro groups is 1. The molecule has 12 heteroatoms. The Hall–Kier alpha value is -3.83. The molecule has 0 aromatic heterocycles. The number of ether oxygens (including phenoxy) is 2. The van der Waals surface area contributed by atoms with Gasteiger partial charge in [0.25, 0.3) is 11.6 Å². The van der Waals surface area contributed by atoms with E-state index in [2.05, 4.69) is 10.1 Å². The lowest BCUT2D eigenvalue weighted by atomic mass is 10.1. The number of carboxylic acids is 1. The Balaban J connectivity index is 2.19. The zero-order chi connectivity index (χ0) is 22.3. The first-order valence-corrected chi connectivity index (χ1v) is 8.25. The fourth-order valence-corrected chi connectivity index (χ4v) is 2.26. The van der Waals surface area contributed by atoms with Crippen molar-refractivity contribution >= 4 is 17.6 Å². The maximum Gasteiger partial charge on any atom is 0.422 e. The molecule has 0 heterocycles. The standard InChI is InChI=1S/C18H15F3N2O7/c19-18(20,21)10-30-13-4-5-15(29-9-16(24)25)14(7-13)17(26)22-8-11-2-1-3-12(6-11)23(27)28/h1-7H,8-10H2,(H,22,26)(H,24,25). The molecule has 160 valence electrons. The molecular formula is C18H15F3N2O7. The highest BCUT2D eigenvalue weighted by Crippen LogP contribution is 2.26. The number of carbonyl (C=O) groups is 2. The van der Waals surface area contributed by atoms with Gasteiger partial charge >= 0.3 is 12.1 Å². The molecule has 2 rings (SSSR count). The summed E-state index contributed by atoms with van der Waals surface area (Å²) < 4.78 is 46.6. The number of nitrogens with one attached hydrogen (secondary N) is 1. The molecule has 0 radical (unpaired) electrons. The van der Waals surface area contributed by atoms with Crippen molar-refractivity contribution in [3.8, 4) is 11.5 Å². The summed E-state index contributed by atoms with van der Waals surface area (Å²) in [4.78, 5) is 33.4. The number of aliphatic carboxylic acids is 1. The van der Waals surface area contributed by atoms with Gasteiger partial charge in [-0.25, -0.2) is 4.79 Å². The lowest BCUT2D eigenvalue weighted by Crippen LogP contribution is -2.24. The second-order valence-corrected chi connectivity index (χ2v) is 5.85. The van der Waals surface area contributed by atoms with Crippen LogP contribution in [0.3, 0.4) is 0 Å². The third-order valence-electron chi connectivity index (χ3n) is 3.52. The second-order valence-electron chi connectivity index (χ2n) is 5.85. The average molecular weight is 428 g/mol. The van der Waals surface area contributed by atoms with Gasteiger partial charge in [-0.15, -0.1) is 0 Å². The molecule has 0 aliphatic heterocycles. The van der Waals surface area contributed by atoms with Crippen LogP contribution in [-0.4, -0.2) is 41.3 Å². The van der Waals surface area contributed by atoms with E-state index >= 15 is 0 Å². The van der Waals surface area contributed by atoms with E-state index in [-0.39, 0.29) is 29.3 Å². The van der Waals surface area contributed by atoms with Gasteiger partial charge in [-0.3, -0.25) is 14.9 Å². The van der Waals surface area contributed by atoms with E-state index in [0.717, 1.165) is 18.2 Å². The van der Waals surface area contributed by atoms with E-state index in [1.807, 2.05) is 0 Å². The number of alkyl halides is 3. The second kappa shape index (κ2) is 9.58. The molecule has 0 aliphatic rings. The molecule has 0 unspecified atom stereocenters. The van der Waals surface area contributed by atoms with E-state index in [1.54, 1.807) is 0 Å². The van der Waals surface area contributed by atoms with Crippen LogP contribution in [0.4, 0.5) is 18.9 Å². The molecule has 2 aromatic rings. The number of halogens is 3. The highest BCUT2D eigenvalue weighted by molar-refractivity contribution is 5.97. The zero-order valence-electron chi connectivity index (χ0n) is 15.1. The van der Waals surface area contributed by atoms with Crippen molar-refractivity contribution in [2.45, 2.75) is 12.7 Å². The summed E-state index contributed by atoms with van der Waals surface area (Å²) in [6.07, 6.45) is -4.59. The van der Waals surface area contributed by atoms with E-state index in [1.165, 1.54) is 24.3 Å². The van der Waals surface area contributed by atoms with Gasteiger partial charge in [-0.1, -0.05) is 12.1 Å². The molecule has 30 heavy (non-hydrogen) atoms. The molecule has 0 bridgehead atoms. The van der Waals surface area contributed by atoms with Gasteiger partial charge in [0.2, 0.25) is 0 Å². The number of hydrogen-bond donors (Lipinski definition) is 2. The minimum atomic E-state index is -4.59. The zero-order valence-corrected chi connectivity index (χ0v) is 15.1. The SMILES string of the molecule is O=C(O)COc1ccc(OCC(F)(F)F)cc1C(=O)NCc1cccc([N+](=O)[O-])c1. The number of rotatable bonds is 9. The van der Waals surface area contributed by atoms with Gasteiger partial charge in [0.15, 0.2) is 13.2 Å². The predicted octanol–water partition coefficient (Wildman–Crippen LogP) is 2.93. The lowest BCUT2D eigenvalue weighted by Gasteiger charge is -2.14. The summed E-state index contributed by atoms with van der Waals surface area (Å²) in [5, 5.41) is 22.0. The molecule has 9 nitrogen and oxygen atoms in total. The van der Waals surface area contributed by atoms with Gasteiger partial charge in [0.05, 0.1) is 10.5 Å². The van der Waals surface area contributed by atoms with E-state index in [4.69, 9.17) is 9.84 Å².